The van der Waals surface area contributed by atoms with Crippen LogP contribution in [0, 0.1) is 5.92 Å². The molecule has 0 saturated carbocycles. The Bertz CT molecular complexity index is 241. The van der Waals surface area contributed by atoms with Gasteiger partial charge in [0.15, 0.2) is 0 Å². The van der Waals surface area contributed by atoms with Gasteiger partial charge in [-0.2, -0.15) is 0 Å². The predicted molar refractivity (Wildman–Crippen MR) is 112 cm³/mol. The van der Waals surface area contributed by atoms with Crippen molar-refractivity contribution in [2.75, 3.05) is 0 Å². The maximum atomic E-state index is 6.15. The molecule has 2 N–H and O–H groups in total. The number of hydrogen-bond acceptors (Lipinski definition) is 1. The van der Waals surface area contributed by atoms with Crippen LogP contribution < -0.4 is 5.73 Å². The first-order valence-corrected chi connectivity index (χ1v) is 11.3. The van der Waals surface area contributed by atoms with Crippen LogP contribution >= 0.6 is 0 Å². The molecule has 0 saturated heterocycles. The van der Waals surface area contributed by atoms with E-state index in [1.807, 2.05) is 0 Å². The molecule has 0 rings (SSSR count). The Balaban J connectivity index is 3.10. The molecule has 1 nitrogen and oxygen atoms in total. The lowest BCUT2D eigenvalue weighted by Crippen LogP contribution is -2.39. The minimum Gasteiger partial charge on any atom is -0.325 e. The topological polar surface area (TPSA) is 26.0 Å². The highest BCUT2D eigenvalue weighted by atomic mass is 14.7. The van der Waals surface area contributed by atoms with Gasteiger partial charge in [0.25, 0.3) is 0 Å². The van der Waals surface area contributed by atoms with Gasteiger partial charge in [-0.1, -0.05) is 117 Å². The molecule has 1 atom stereocenters. The summed E-state index contributed by atoms with van der Waals surface area (Å²) in [7, 11) is 0. The third kappa shape index (κ3) is 16.8. The molecule has 146 valence electrons. The van der Waals surface area contributed by atoms with Gasteiger partial charge in [0.1, 0.15) is 0 Å². The number of rotatable bonds is 18. The average Bonchev–Trinajstić information content (AvgIpc) is 2.53. The first kappa shape index (κ1) is 24.0. The van der Waals surface area contributed by atoms with Crippen LogP contribution in [0.15, 0.2) is 0 Å². The summed E-state index contributed by atoms with van der Waals surface area (Å²) in [5.74, 6) is 0.643. The zero-order valence-electron chi connectivity index (χ0n) is 17.7. The third-order valence-electron chi connectivity index (χ3n) is 5.76. The summed E-state index contributed by atoms with van der Waals surface area (Å²) in [6.45, 7) is 8.91. The van der Waals surface area contributed by atoms with Crippen LogP contribution in [0.25, 0.3) is 0 Å². The number of unbranched alkanes of at least 4 members (excludes halogenated alkanes) is 15. The molecule has 0 aromatic rings. The van der Waals surface area contributed by atoms with E-state index in [1.165, 1.54) is 109 Å². The van der Waals surface area contributed by atoms with E-state index in [9.17, 15) is 0 Å². The molecule has 1 heteroatoms. The van der Waals surface area contributed by atoms with Crippen molar-refractivity contribution in [3.63, 3.8) is 0 Å². The first-order chi connectivity index (χ1) is 11.5. The van der Waals surface area contributed by atoms with E-state index >= 15 is 0 Å². The minimum absolute atomic E-state index is 0.00446. The van der Waals surface area contributed by atoms with E-state index in [2.05, 4.69) is 27.7 Å². The molecule has 0 aliphatic carbocycles. The lowest BCUT2D eigenvalue weighted by molar-refractivity contribution is 0.316. The second-order valence-electron chi connectivity index (χ2n) is 8.81. The molecular weight excluding hydrogens is 290 g/mol. The molecule has 0 amide bonds. The van der Waals surface area contributed by atoms with Gasteiger partial charge in [0.05, 0.1) is 0 Å². The van der Waals surface area contributed by atoms with Crippen molar-refractivity contribution in [1.29, 1.82) is 0 Å². The Morgan fingerprint density at radius 3 is 1.17 bits per heavy atom. The Morgan fingerprint density at radius 1 is 0.583 bits per heavy atom. The summed E-state index contributed by atoms with van der Waals surface area (Å²) in [6.07, 6.45) is 24.4. The van der Waals surface area contributed by atoms with Crippen LogP contribution in [0.3, 0.4) is 0 Å². The SMILES string of the molecule is CCCCCCCCCCCCCCCCCCC(C)C(C)(C)N. The van der Waals surface area contributed by atoms with Gasteiger partial charge in [-0.15, -0.1) is 0 Å². The summed E-state index contributed by atoms with van der Waals surface area (Å²) in [4.78, 5) is 0. The molecule has 0 aliphatic heterocycles. The Labute approximate surface area is 154 Å². The van der Waals surface area contributed by atoms with E-state index < -0.39 is 0 Å². The Morgan fingerprint density at radius 2 is 0.875 bits per heavy atom. The van der Waals surface area contributed by atoms with Crippen LogP contribution in [-0.4, -0.2) is 5.54 Å². The molecule has 0 heterocycles. The van der Waals surface area contributed by atoms with E-state index in [0.717, 1.165) is 0 Å². The monoisotopic (exact) mass is 339 g/mol. The first-order valence-electron chi connectivity index (χ1n) is 11.3. The maximum Gasteiger partial charge on any atom is 0.0123 e. The van der Waals surface area contributed by atoms with Crippen molar-refractivity contribution >= 4 is 0 Å². The number of nitrogens with two attached hydrogens (primary N) is 1. The normalized spacial score (nSPS) is 13.4. The zero-order chi connectivity index (χ0) is 18.1. The average molecular weight is 340 g/mol. The Kier molecular flexibility index (Phi) is 16.4. The molecular formula is C23H49N. The molecule has 1 unspecified atom stereocenters. The standard InChI is InChI=1S/C23H49N/c1-5-6-7-8-9-10-11-12-13-14-15-16-17-18-19-20-21-22(2)23(3,4)24/h22H,5-21,24H2,1-4H3. The molecule has 0 aromatic carbocycles. The summed E-state index contributed by atoms with van der Waals surface area (Å²) in [5, 5.41) is 0. The van der Waals surface area contributed by atoms with Crippen LogP contribution in [0.4, 0.5) is 0 Å². The largest absolute Gasteiger partial charge is 0.325 e. The molecule has 24 heavy (non-hydrogen) atoms. The summed E-state index contributed by atoms with van der Waals surface area (Å²) in [5.41, 5.74) is 6.14. The van der Waals surface area contributed by atoms with Gasteiger partial charge in [-0.3, -0.25) is 0 Å². The lowest BCUT2D eigenvalue weighted by atomic mass is 9.86. The third-order valence-corrected chi connectivity index (χ3v) is 5.76. The van der Waals surface area contributed by atoms with E-state index in [1.54, 1.807) is 0 Å². The summed E-state index contributed by atoms with van der Waals surface area (Å²) in [6, 6.07) is 0. The summed E-state index contributed by atoms with van der Waals surface area (Å²) < 4.78 is 0. The lowest BCUT2D eigenvalue weighted by Gasteiger charge is -2.27. The van der Waals surface area contributed by atoms with Gasteiger partial charge >= 0.3 is 0 Å². The predicted octanol–water partition coefficient (Wildman–Crippen LogP) is 8.01. The van der Waals surface area contributed by atoms with E-state index in [-0.39, 0.29) is 5.54 Å². The van der Waals surface area contributed by atoms with Crippen LogP contribution in [0.1, 0.15) is 137 Å². The van der Waals surface area contributed by atoms with Gasteiger partial charge in [-0.25, -0.2) is 0 Å². The number of hydrogen-bond donors (Lipinski definition) is 1. The molecule has 0 bridgehead atoms. The second kappa shape index (κ2) is 16.4. The zero-order valence-corrected chi connectivity index (χ0v) is 17.7. The summed E-state index contributed by atoms with van der Waals surface area (Å²) >= 11 is 0. The fourth-order valence-electron chi connectivity index (χ4n) is 3.37. The van der Waals surface area contributed by atoms with Gasteiger partial charge < -0.3 is 5.73 Å². The van der Waals surface area contributed by atoms with E-state index in [4.69, 9.17) is 5.73 Å². The fraction of sp³-hybridized carbons (Fsp3) is 1.00. The van der Waals surface area contributed by atoms with Crippen molar-refractivity contribution in [2.45, 2.75) is 142 Å². The fourth-order valence-corrected chi connectivity index (χ4v) is 3.37. The minimum atomic E-state index is -0.00446. The van der Waals surface area contributed by atoms with E-state index in [0.29, 0.717) is 5.92 Å². The van der Waals surface area contributed by atoms with Crippen molar-refractivity contribution in [2.24, 2.45) is 11.7 Å². The molecule has 0 spiro atoms. The van der Waals surface area contributed by atoms with Crippen molar-refractivity contribution in [3.05, 3.63) is 0 Å². The highest BCUT2D eigenvalue weighted by molar-refractivity contribution is 4.78. The van der Waals surface area contributed by atoms with Crippen LogP contribution in [0.5, 0.6) is 0 Å². The highest BCUT2D eigenvalue weighted by Gasteiger charge is 2.19. The molecule has 0 aliphatic rings. The second-order valence-corrected chi connectivity index (χ2v) is 8.81. The highest BCUT2D eigenvalue weighted by Crippen LogP contribution is 2.20. The van der Waals surface area contributed by atoms with Crippen LogP contribution in [0.2, 0.25) is 0 Å². The molecule has 0 radical (unpaired) electrons. The van der Waals surface area contributed by atoms with Gasteiger partial charge in [-0.05, 0) is 26.2 Å². The molecule has 0 aromatic heterocycles. The smallest absolute Gasteiger partial charge is 0.0123 e. The maximum absolute atomic E-state index is 6.15. The quantitative estimate of drug-likeness (QED) is 0.251. The van der Waals surface area contributed by atoms with Gasteiger partial charge in [0.2, 0.25) is 0 Å². The Hall–Kier alpha value is -0.0400. The van der Waals surface area contributed by atoms with Gasteiger partial charge in [0, 0.05) is 5.54 Å². The van der Waals surface area contributed by atoms with Crippen molar-refractivity contribution in [3.8, 4) is 0 Å². The molecule has 0 fully saturated rings. The van der Waals surface area contributed by atoms with Crippen LogP contribution in [-0.2, 0) is 0 Å². The van der Waals surface area contributed by atoms with Crippen molar-refractivity contribution in [1.82, 2.24) is 0 Å². The van der Waals surface area contributed by atoms with Crippen molar-refractivity contribution < 1.29 is 0 Å².